The van der Waals surface area contributed by atoms with E-state index in [2.05, 4.69) is 31.3 Å². The number of nitrogens with one attached hydrogen (secondary N) is 1. The van der Waals surface area contributed by atoms with Crippen LogP contribution in [0, 0.1) is 13.8 Å². The zero-order valence-electron chi connectivity index (χ0n) is 15.0. The van der Waals surface area contributed by atoms with Gasteiger partial charge in [-0.15, -0.1) is 0 Å². The molecule has 0 fully saturated rings. The molecule has 26 heavy (non-hydrogen) atoms. The minimum Gasteiger partial charge on any atom is -0.488 e. The van der Waals surface area contributed by atoms with Crippen LogP contribution in [-0.2, 0) is 6.61 Å². The smallest absolute Gasteiger partial charge is 0.259 e. The molecule has 4 heteroatoms. The van der Waals surface area contributed by atoms with Gasteiger partial charge in [-0.25, -0.2) is 0 Å². The van der Waals surface area contributed by atoms with E-state index in [4.69, 9.17) is 10.5 Å². The second-order valence-electron chi connectivity index (χ2n) is 6.29. The average Bonchev–Trinajstić information content (AvgIpc) is 2.62. The number of rotatable bonds is 5. The number of anilines is 2. The maximum atomic E-state index is 12.7. The van der Waals surface area contributed by atoms with Crippen molar-refractivity contribution in [3.05, 3.63) is 89.0 Å². The van der Waals surface area contributed by atoms with Crippen LogP contribution in [-0.4, -0.2) is 5.91 Å². The summed E-state index contributed by atoms with van der Waals surface area (Å²) in [4.78, 5) is 12.7. The van der Waals surface area contributed by atoms with Crippen LogP contribution in [0.1, 0.15) is 27.0 Å². The Hall–Kier alpha value is -3.27. The first-order valence-electron chi connectivity index (χ1n) is 8.48. The molecule has 4 nitrogen and oxygen atoms in total. The highest BCUT2D eigenvalue weighted by molar-refractivity contribution is 6.06. The number of carbonyl (C=O) groups excluding carboxylic acids is 1. The lowest BCUT2D eigenvalue weighted by Crippen LogP contribution is -2.14. The quantitative estimate of drug-likeness (QED) is 0.657. The molecule has 0 aliphatic carbocycles. The van der Waals surface area contributed by atoms with Crippen LogP contribution in [0.25, 0.3) is 0 Å². The minimum atomic E-state index is -0.251. The Balaban J connectivity index is 1.80. The number of hydrogen-bond donors (Lipinski definition) is 2. The molecule has 0 spiro atoms. The lowest BCUT2D eigenvalue weighted by Gasteiger charge is -2.14. The third kappa shape index (κ3) is 4.22. The first kappa shape index (κ1) is 17.5. The van der Waals surface area contributed by atoms with Gasteiger partial charge in [-0.2, -0.15) is 0 Å². The highest BCUT2D eigenvalue weighted by Gasteiger charge is 2.14. The van der Waals surface area contributed by atoms with E-state index >= 15 is 0 Å². The molecule has 0 aliphatic rings. The van der Waals surface area contributed by atoms with Gasteiger partial charge in [0.25, 0.3) is 5.91 Å². The molecule has 0 bridgehead atoms. The molecule has 0 aromatic heterocycles. The number of benzene rings is 3. The van der Waals surface area contributed by atoms with Crippen LogP contribution in [0.2, 0.25) is 0 Å². The molecule has 0 atom stereocenters. The van der Waals surface area contributed by atoms with Crippen molar-refractivity contribution in [3.63, 3.8) is 0 Å². The number of nitrogens with two attached hydrogens (primary N) is 1. The van der Waals surface area contributed by atoms with E-state index < -0.39 is 0 Å². The fourth-order valence-electron chi connectivity index (χ4n) is 2.73. The van der Waals surface area contributed by atoms with Gasteiger partial charge in [0, 0.05) is 11.4 Å². The standard InChI is InChI=1S/C22H22N2O2/c1-15-8-9-17(16(2)12-15)14-26-21-11-10-18(23)13-20(21)22(25)24-19-6-4-3-5-7-19/h3-13H,14,23H2,1-2H3,(H,24,25). The van der Waals surface area contributed by atoms with Crippen molar-refractivity contribution in [1.29, 1.82) is 0 Å². The molecule has 3 aromatic carbocycles. The summed E-state index contributed by atoms with van der Waals surface area (Å²) in [7, 11) is 0. The van der Waals surface area contributed by atoms with E-state index in [0.29, 0.717) is 23.6 Å². The van der Waals surface area contributed by atoms with E-state index in [9.17, 15) is 4.79 Å². The number of hydrogen-bond acceptors (Lipinski definition) is 3. The van der Waals surface area contributed by atoms with Crippen LogP contribution in [0.5, 0.6) is 5.75 Å². The minimum absolute atomic E-state index is 0.251. The van der Waals surface area contributed by atoms with Crippen molar-refractivity contribution < 1.29 is 9.53 Å². The van der Waals surface area contributed by atoms with Gasteiger partial charge in [0.15, 0.2) is 0 Å². The summed E-state index contributed by atoms with van der Waals surface area (Å²) < 4.78 is 5.94. The second kappa shape index (κ2) is 7.74. The summed E-state index contributed by atoms with van der Waals surface area (Å²) >= 11 is 0. The van der Waals surface area contributed by atoms with Crippen molar-refractivity contribution in [3.8, 4) is 5.75 Å². The number of nitrogen functional groups attached to an aromatic ring is 1. The van der Waals surface area contributed by atoms with Crippen molar-refractivity contribution in [1.82, 2.24) is 0 Å². The average molecular weight is 346 g/mol. The predicted octanol–water partition coefficient (Wildman–Crippen LogP) is 4.72. The summed E-state index contributed by atoms with van der Waals surface area (Å²) in [5, 5.41) is 2.87. The zero-order valence-corrected chi connectivity index (χ0v) is 15.0. The van der Waals surface area contributed by atoms with Crippen LogP contribution in [0.3, 0.4) is 0 Å². The van der Waals surface area contributed by atoms with E-state index in [1.165, 1.54) is 5.56 Å². The van der Waals surface area contributed by atoms with Gasteiger partial charge in [0.1, 0.15) is 12.4 Å². The van der Waals surface area contributed by atoms with Crippen molar-refractivity contribution in [2.45, 2.75) is 20.5 Å². The summed E-state index contributed by atoms with van der Waals surface area (Å²) in [5.74, 6) is 0.256. The molecule has 3 N–H and O–H groups in total. The molecule has 3 rings (SSSR count). The normalized spacial score (nSPS) is 10.4. The Bertz CT molecular complexity index is 921. The summed E-state index contributed by atoms with van der Waals surface area (Å²) in [6.45, 7) is 4.50. The molecule has 0 heterocycles. The summed E-state index contributed by atoms with van der Waals surface area (Å²) in [6, 6.07) is 20.6. The first-order valence-corrected chi connectivity index (χ1v) is 8.48. The molecule has 0 aliphatic heterocycles. The van der Waals surface area contributed by atoms with E-state index in [1.807, 2.05) is 36.4 Å². The zero-order chi connectivity index (χ0) is 18.5. The topological polar surface area (TPSA) is 64.3 Å². The third-order valence-corrected chi connectivity index (χ3v) is 4.16. The Morgan fingerprint density at radius 1 is 1.00 bits per heavy atom. The highest BCUT2D eigenvalue weighted by atomic mass is 16.5. The number of para-hydroxylation sites is 1. The highest BCUT2D eigenvalue weighted by Crippen LogP contribution is 2.24. The number of aryl methyl sites for hydroxylation is 2. The SMILES string of the molecule is Cc1ccc(COc2ccc(N)cc2C(=O)Nc2ccccc2)c(C)c1. The first-order chi connectivity index (χ1) is 12.5. The molecule has 0 unspecified atom stereocenters. The monoisotopic (exact) mass is 346 g/mol. The van der Waals surface area contributed by atoms with Crippen molar-refractivity contribution in [2.75, 3.05) is 11.1 Å². The van der Waals surface area contributed by atoms with Gasteiger partial charge < -0.3 is 15.8 Å². The molecule has 1 amide bonds. The van der Waals surface area contributed by atoms with Gasteiger partial charge >= 0.3 is 0 Å². The van der Waals surface area contributed by atoms with Gasteiger partial charge in [-0.1, -0.05) is 42.0 Å². The third-order valence-electron chi connectivity index (χ3n) is 4.16. The Morgan fingerprint density at radius 2 is 1.77 bits per heavy atom. The Morgan fingerprint density at radius 3 is 2.50 bits per heavy atom. The fourth-order valence-corrected chi connectivity index (χ4v) is 2.73. The molecular formula is C22H22N2O2. The van der Waals surface area contributed by atoms with Gasteiger partial charge in [-0.05, 0) is 55.3 Å². The maximum Gasteiger partial charge on any atom is 0.259 e. The number of ether oxygens (including phenoxy) is 1. The predicted molar refractivity (Wildman–Crippen MR) is 105 cm³/mol. The van der Waals surface area contributed by atoms with E-state index in [1.54, 1.807) is 18.2 Å². The van der Waals surface area contributed by atoms with E-state index in [0.717, 1.165) is 16.8 Å². The molecular weight excluding hydrogens is 324 g/mol. The largest absolute Gasteiger partial charge is 0.488 e. The molecule has 0 saturated heterocycles. The molecule has 0 saturated carbocycles. The van der Waals surface area contributed by atoms with Crippen LogP contribution >= 0.6 is 0 Å². The molecule has 3 aromatic rings. The Kier molecular flexibility index (Phi) is 5.23. The molecule has 132 valence electrons. The summed E-state index contributed by atoms with van der Waals surface area (Å²) in [5.41, 5.74) is 11.0. The van der Waals surface area contributed by atoms with Gasteiger partial charge in [0.05, 0.1) is 5.56 Å². The Labute approximate surface area is 153 Å². The maximum absolute atomic E-state index is 12.7. The fraction of sp³-hybridized carbons (Fsp3) is 0.136. The lowest BCUT2D eigenvalue weighted by atomic mass is 10.1. The van der Waals surface area contributed by atoms with Crippen LogP contribution in [0.4, 0.5) is 11.4 Å². The van der Waals surface area contributed by atoms with Gasteiger partial charge in [0.2, 0.25) is 0 Å². The lowest BCUT2D eigenvalue weighted by molar-refractivity contribution is 0.102. The number of carbonyl (C=O) groups is 1. The number of amides is 1. The van der Waals surface area contributed by atoms with Crippen molar-refractivity contribution >= 4 is 17.3 Å². The van der Waals surface area contributed by atoms with Crippen molar-refractivity contribution in [2.24, 2.45) is 0 Å². The van der Waals surface area contributed by atoms with Gasteiger partial charge in [-0.3, -0.25) is 4.79 Å². The van der Waals surface area contributed by atoms with Crippen LogP contribution in [0.15, 0.2) is 66.7 Å². The summed E-state index contributed by atoms with van der Waals surface area (Å²) in [6.07, 6.45) is 0. The van der Waals surface area contributed by atoms with Crippen LogP contribution < -0.4 is 15.8 Å². The van der Waals surface area contributed by atoms with E-state index in [-0.39, 0.29) is 5.91 Å². The molecule has 0 radical (unpaired) electrons. The second-order valence-corrected chi connectivity index (χ2v) is 6.29.